The maximum Gasteiger partial charge on any atom is 0.240 e. The van der Waals surface area contributed by atoms with Crippen molar-refractivity contribution in [2.45, 2.75) is 24.5 Å². The zero-order chi connectivity index (χ0) is 12.5. The Bertz CT molecular complexity index is 446. The zero-order valence-corrected chi connectivity index (χ0v) is 13.2. The third kappa shape index (κ3) is 3.09. The van der Waals surface area contributed by atoms with Gasteiger partial charge in [-0.1, -0.05) is 11.6 Å². The summed E-state index contributed by atoms with van der Waals surface area (Å²) in [6.07, 6.45) is 2.04. The molecule has 1 fully saturated rings. The molecular weight excluding hydrogens is 369 g/mol. The molecule has 0 spiro atoms. The van der Waals surface area contributed by atoms with Gasteiger partial charge in [0, 0.05) is 3.57 Å². The maximum absolute atomic E-state index is 12.2. The van der Waals surface area contributed by atoms with Crippen LogP contribution in [-0.2, 0) is 4.79 Å². The summed E-state index contributed by atoms with van der Waals surface area (Å²) in [5.74, 6) is 1.12. The Hall–Kier alpha value is 0.0600. The van der Waals surface area contributed by atoms with Crippen molar-refractivity contribution in [2.75, 3.05) is 11.1 Å². The van der Waals surface area contributed by atoms with Crippen LogP contribution in [0.15, 0.2) is 18.2 Å². The lowest BCUT2D eigenvalue weighted by atomic mass is 10.0. The van der Waals surface area contributed by atoms with Crippen LogP contribution in [0.25, 0.3) is 0 Å². The number of anilines is 1. The van der Waals surface area contributed by atoms with Gasteiger partial charge >= 0.3 is 0 Å². The van der Waals surface area contributed by atoms with Crippen molar-refractivity contribution in [1.82, 2.24) is 0 Å². The minimum atomic E-state index is -0.299. The molecule has 1 amide bonds. The van der Waals surface area contributed by atoms with Crippen molar-refractivity contribution in [3.63, 3.8) is 0 Å². The fraction of sp³-hybridized carbons (Fsp3) is 0.417. The molecule has 0 aromatic heterocycles. The number of benzene rings is 1. The molecule has 92 valence electrons. The number of halogens is 2. The van der Waals surface area contributed by atoms with Crippen LogP contribution in [0.1, 0.15) is 19.8 Å². The molecule has 1 N–H and O–H groups in total. The summed E-state index contributed by atoms with van der Waals surface area (Å²) < 4.78 is 0.763. The molecule has 1 aliphatic rings. The Morgan fingerprint density at radius 3 is 2.94 bits per heavy atom. The summed E-state index contributed by atoms with van der Waals surface area (Å²) in [4.78, 5) is 12.2. The number of hydrogen-bond donors (Lipinski definition) is 1. The van der Waals surface area contributed by atoms with Crippen LogP contribution in [0.3, 0.4) is 0 Å². The Morgan fingerprint density at radius 1 is 1.59 bits per heavy atom. The van der Waals surface area contributed by atoms with Gasteiger partial charge in [-0.15, -0.1) is 11.8 Å². The van der Waals surface area contributed by atoms with Gasteiger partial charge < -0.3 is 5.32 Å². The zero-order valence-electron chi connectivity index (χ0n) is 9.43. The Balaban J connectivity index is 2.13. The molecule has 17 heavy (non-hydrogen) atoms. The first kappa shape index (κ1) is 13.5. The van der Waals surface area contributed by atoms with E-state index in [2.05, 4.69) is 27.9 Å². The van der Waals surface area contributed by atoms with Crippen molar-refractivity contribution in [3.8, 4) is 0 Å². The van der Waals surface area contributed by atoms with Gasteiger partial charge in [0.15, 0.2) is 0 Å². The Kier molecular flexibility index (Phi) is 4.26. The van der Waals surface area contributed by atoms with Crippen LogP contribution in [-0.4, -0.2) is 16.4 Å². The standard InChI is InChI=1S/C12H13ClINOS/c1-12(5-2-6-17-12)11(16)15-10-4-3-8(14)7-9(10)13/h3-4,7H,2,5-6H2,1H3,(H,15,16). The van der Waals surface area contributed by atoms with Crippen molar-refractivity contribution in [3.05, 3.63) is 26.8 Å². The van der Waals surface area contributed by atoms with Crippen molar-refractivity contribution < 1.29 is 4.79 Å². The molecule has 1 aliphatic heterocycles. The van der Waals surface area contributed by atoms with E-state index in [1.807, 2.05) is 25.1 Å². The van der Waals surface area contributed by atoms with E-state index in [4.69, 9.17) is 11.6 Å². The third-order valence-electron chi connectivity index (χ3n) is 2.88. The fourth-order valence-corrected chi connectivity index (χ4v) is 3.92. The largest absolute Gasteiger partial charge is 0.324 e. The first-order valence-electron chi connectivity index (χ1n) is 5.42. The van der Waals surface area contributed by atoms with Crippen LogP contribution in [0, 0.1) is 3.57 Å². The molecule has 2 rings (SSSR count). The number of thioether (sulfide) groups is 1. The van der Waals surface area contributed by atoms with Crippen LogP contribution < -0.4 is 5.32 Å². The van der Waals surface area contributed by atoms with Gasteiger partial charge in [-0.05, 0) is 66.3 Å². The fourth-order valence-electron chi connectivity index (χ4n) is 1.80. The van der Waals surface area contributed by atoms with Gasteiger partial charge in [-0.3, -0.25) is 4.79 Å². The molecular formula is C12H13ClINOS. The van der Waals surface area contributed by atoms with E-state index < -0.39 is 0 Å². The predicted molar refractivity (Wildman–Crippen MR) is 82.9 cm³/mol. The maximum atomic E-state index is 12.2. The molecule has 0 saturated carbocycles. The van der Waals surface area contributed by atoms with E-state index in [0.717, 1.165) is 22.2 Å². The summed E-state index contributed by atoms with van der Waals surface area (Å²) in [6, 6.07) is 5.64. The lowest BCUT2D eigenvalue weighted by Gasteiger charge is -2.21. The smallest absolute Gasteiger partial charge is 0.240 e. The minimum Gasteiger partial charge on any atom is -0.324 e. The number of hydrogen-bond acceptors (Lipinski definition) is 2. The van der Waals surface area contributed by atoms with Crippen molar-refractivity contribution in [2.24, 2.45) is 0 Å². The lowest BCUT2D eigenvalue weighted by molar-refractivity contribution is -0.118. The van der Waals surface area contributed by atoms with Gasteiger partial charge in [0.25, 0.3) is 0 Å². The lowest BCUT2D eigenvalue weighted by Crippen LogP contribution is -2.34. The molecule has 0 radical (unpaired) electrons. The molecule has 1 unspecified atom stereocenters. The number of carbonyl (C=O) groups is 1. The quantitative estimate of drug-likeness (QED) is 0.779. The van der Waals surface area contributed by atoms with E-state index in [1.54, 1.807) is 11.8 Å². The normalized spacial score (nSPS) is 23.7. The summed E-state index contributed by atoms with van der Waals surface area (Å²) >= 11 is 10.0. The van der Waals surface area contributed by atoms with Crippen molar-refractivity contribution >= 4 is 57.5 Å². The first-order valence-corrected chi connectivity index (χ1v) is 7.86. The first-order chi connectivity index (χ1) is 8.01. The summed E-state index contributed by atoms with van der Waals surface area (Å²) in [7, 11) is 0. The number of nitrogens with one attached hydrogen (secondary N) is 1. The van der Waals surface area contributed by atoms with Gasteiger partial charge in [0.1, 0.15) is 0 Å². The Labute approximate surface area is 124 Å². The van der Waals surface area contributed by atoms with Crippen LogP contribution >= 0.6 is 46.0 Å². The number of amides is 1. The second kappa shape index (κ2) is 5.36. The second-order valence-corrected chi connectivity index (χ2v) is 7.51. The molecule has 1 heterocycles. The number of rotatable bonds is 2. The minimum absolute atomic E-state index is 0.0584. The third-order valence-corrected chi connectivity index (χ3v) is 5.38. The molecule has 0 bridgehead atoms. The summed E-state index contributed by atoms with van der Waals surface area (Å²) in [5.41, 5.74) is 0.700. The molecule has 1 aromatic carbocycles. The van der Waals surface area contributed by atoms with E-state index in [1.165, 1.54) is 0 Å². The van der Waals surface area contributed by atoms with Crippen LogP contribution in [0.2, 0.25) is 5.02 Å². The second-order valence-electron chi connectivity index (χ2n) is 4.26. The number of carbonyl (C=O) groups excluding carboxylic acids is 1. The topological polar surface area (TPSA) is 29.1 Å². The molecule has 5 heteroatoms. The van der Waals surface area contributed by atoms with E-state index in [-0.39, 0.29) is 10.7 Å². The van der Waals surface area contributed by atoms with Gasteiger partial charge in [0.05, 0.1) is 15.5 Å². The average Bonchev–Trinajstić information content (AvgIpc) is 2.71. The molecule has 1 aromatic rings. The van der Waals surface area contributed by atoms with E-state index in [9.17, 15) is 4.79 Å². The van der Waals surface area contributed by atoms with Gasteiger partial charge in [0.2, 0.25) is 5.91 Å². The molecule has 1 atom stereocenters. The molecule has 1 saturated heterocycles. The highest BCUT2D eigenvalue weighted by Crippen LogP contribution is 2.39. The highest BCUT2D eigenvalue weighted by molar-refractivity contribution is 14.1. The van der Waals surface area contributed by atoms with E-state index in [0.29, 0.717) is 10.7 Å². The van der Waals surface area contributed by atoms with Crippen molar-refractivity contribution in [1.29, 1.82) is 0 Å². The monoisotopic (exact) mass is 381 g/mol. The SMILES string of the molecule is CC1(C(=O)Nc2ccc(I)cc2Cl)CCCS1. The molecule has 0 aliphatic carbocycles. The van der Waals surface area contributed by atoms with Crippen LogP contribution in [0.5, 0.6) is 0 Å². The average molecular weight is 382 g/mol. The molecule has 2 nitrogen and oxygen atoms in total. The van der Waals surface area contributed by atoms with Gasteiger partial charge in [-0.2, -0.15) is 0 Å². The van der Waals surface area contributed by atoms with E-state index >= 15 is 0 Å². The highest BCUT2D eigenvalue weighted by Gasteiger charge is 2.37. The highest BCUT2D eigenvalue weighted by atomic mass is 127. The Morgan fingerprint density at radius 2 is 2.35 bits per heavy atom. The summed E-state index contributed by atoms with van der Waals surface area (Å²) in [6.45, 7) is 2.00. The van der Waals surface area contributed by atoms with Gasteiger partial charge in [-0.25, -0.2) is 0 Å². The summed E-state index contributed by atoms with van der Waals surface area (Å²) in [5, 5.41) is 3.52. The van der Waals surface area contributed by atoms with Crippen LogP contribution in [0.4, 0.5) is 5.69 Å². The predicted octanol–water partition coefficient (Wildman–Crippen LogP) is 4.17.